The minimum Gasteiger partial charge on any atom is -0.399 e. The highest BCUT2D eigenvalue weighted by Gasteiger charge is 2.38. The van der Waals surface area contributed by atoms with E-state index in [0.29, 0.717) is 26.3 Å². The number of benzene rings is 3. The van der Waals surface area contributed by atoms with Crippen LogP contribution in [0.25, 0.3) is 0 Å². The van der Waals surface area contributed by atoms with Gasteiger partial charge in [0.2, 0.25) is 0 Å². The minimum atomic E-state index is -1.11. The summed E-state index contributed by atoms with van der Waals surface area (Å²) >= 11 is 18.5. The number of nitriles is 1. The molecule has 3 rings (SSSR count). The van der Waals surface area contributed by atoms with Crippen LogP contribution in [0.5, 0.6) is 0 Å². The van der Waals surface area contributed by atoms with Crippen molar-refractivity contribution in [2.75, 3.05) is 5.73 Å². The molecule has 3 aromatic carbocycles. The zero-order valence-corrected chi connectivity index (χ0v) is 15.3. The van der Waals surface area contributed by atoms with Crippen molar-refractivity contribution in [1.29, 1.82) is 5.26 Å². The summed E-state index contributed by atoms with van der Waals surface area (Å²) in [6, 6.07) is 21.9. The molecule has 2 N–H and O–H groups in total. The predicted molar refractivity (Wildman–Crippen MR) is 104 cm³/mol. The van der Waals surface area contributed by atoms with E-state index in [4.69, 9.17) is 40.5 Å². The highest BCUT2D eigenvalue weighted by Crippen LogP contribution is 2.43. The number of hydrogen-bond acceptors (Lipinski definition) is 2. The van der Waals surface area contributed by atoms with Crippen molar-refractivity contribution in [3.63, 3.8) is 0 Å². The molecule has 0 aromatic heterocycles. The van der Waals surface area contributed by atoms with Gasteiger partial charge in [0.15, 0.2) is 0 Å². The third kappa shape index (κ3) is 3.19. The molecule has 0 bridgehead atoms. The van der Waals surface area contributed by atoms with E-state index in [1.54, 1.807) is 42.5 Å². The maximum Gasteiger partial charge on any atom is 0.134 e. The van der Waals surface area contributed by atoms with E-state index >= 15 is 0 Å². The number of nitrogen functional groups attached to an aromatic ring is 1. The molecule has 5 heteroatoms. The van der Waals surface area contributed by atoms with Gasteiger partial charge in [-0.25, -0.2) is 0 Å². The highest BCUT2D eigenvalue weighted by atomic mass is 35.5. The van der Waals surface area contributed by atoms with Crippen LogP contribution in [0.1, 0.15) is 16.7 Å². The summed E-state index contributed by atoms with van der Waals surface area (Å²) in [5.41, 5.74) is 7.42. The lowest BCUT2D eigenvalue weighted by Crippen LogP contribution is -2.28. The number of nitrogens with zero attached hydrogens (tertiary/aromatic N) is 1. The van der Waals surface area contributed by atoms with Crippen molar-refractivity contribution in [3.05, 3.63) is 98.5 Å². The molecule has 3 aromatic rings. The van der Waals surface area contributed by atoms with Crippen molar-refractivity contribution < 1.29 is 0 Å². The topological polar surface area (TPSA) is 49.8 Å². The quantitative estimate of drug-likeness (QED) is 0.437. The summed E-state index contributed by atoms with van der Waals surface area (Å²) in [4.78, 5) is 0. The van der Waals surface area contributed by atoms with E-state index in [0.717, 1.165) is 11.1 Å². The molecule has 0 heterocycles. The normalized spacial score (nSPS) is 11.1. The van der Waals surface area contributed by atoms with E-state index in [9.17, 15) is 5.26 Å². The van der Waals surface area contributed by atoms with Crippen LogP contribution in [0.2, 0.25) is 15.1 Å². The smallest absolute Gasteiger partial charge is 0.134 e. The van der Waals surface area contributed by atoms with Gasteiger partial charge < -0.3 is 5.73 Å². The van der Waals surface area contributed by atoms with Crippen molar-refractivity contribution in [3.8, 4) is 6.07 Å². The molecule has 0 aliphatic heterocycles. The molecule has 0 aliphatic carbocycles. The van der Waals surface area contributed by atoms with Crippen LogP contribution in [0.15, 0.2) is 66.7 Å². The zero-order chi connectivity index (χ0) is 18.0. The Morgan fingerprint density at radius 3 is 1.64 bits per heavy atom. The Balaban J connectivity index is 2.36. The summed E-state index contributed by atoms with van der Waals surface area (Å²) in [6.07, 6.45) is 0. The van der Waals surface area contributed by atoms with E-state index in [1.165, 1.54) is 0 Å². The van der Waals surface area contributed by atoms with E-state index in [2.05, 4.69) is 6.07 Å². The summed E-state index contributed by atoms with van der Waals surface area (Å²) in [6.45, 7) is 0. The average Bonchev–Trinajstić information content (AvgIpc) is 2.60. The van der Waals surface area contributed by atoms with Crippen molar-refractivity contribution >= 4 is 40.5 Å². The Morgan fingerprint density at radius 1 is 0.760 bits per heavy atom. The van der Waals surface area contributed by atoms with Crippen LogP contribution in [-0.4, -0.2) is 0 Å². The van der Waals surface area contributed by atoms with Gasteiger partial charge in [0.25, 0.3) is 0 Å². The lowest BCUT2D eigenvalue weighted by atomic mass is 9.70. The maximum absolute atomic E-state index is 10.3. The SMILES string of the molecule is N#CC(c1ccc(Cl)cc1)(c1ccc(Cl)cc1)c1ccc(N)cc1Cl. The molecule has 0 fully saturated rings. The molecular formula is C20H13Cl3N2. The second-order valence-electron chi connectivity index (χ2n) is 5.61. The van der Waals surface area contributed by atoms with Gasteiger partial charge in [-0.3, -0.25) is 0 Å². The Bertz CT molecular complexity index is 897. The summed E-state index contributed by atoms with van der Waals surface area (Å²) < 4.78 is 0. The fourth-order valence-corrected chi connectivity index (χ4v) is 3.48. The molecule has 0 amide bonds. The number of halogens is 3. The molecule has 0 radical (unpaired) electrons. The molecule has 0 saturated carbocycles. The Hall–Kier alpha value is -2.18. The fraction of sp³-hybridized carbons (Fsp3) is 0.0500. The molecule has 0 spiro atoms. The van der Waals surface area contributed by atoms with E-state index in [-0.39, 0.29) is 0 Å². The lowest BCUT2D eigenvalue weighted by molar-refractivity contribution is 0.795. The third-order valence-electron chi connectivity index (χ3n) is 4.12. The first-order chi connectivity index (χ1) is 12.0. The average molecular weight is 388 g/mol. The molecule has 25 heavy (non-hydrogen) atoms. The van der Waals surface area contributed by atoms with Gasteiger partial charge >= 0.3 is 0 Å². The fourth-order valence-electron chi connectivity index (χ4n) is 2.90. The first-order valence-electron chi connectivity index (χ1n) is 7.46. The summed E-state index contributed by atoms with van der Waals surface area (Å²) in [5.74, 6) is 0. The molecule has 124 valence electrons. The van der Waals surface area contributed by atoms with Crippen LogP contribution in [0.3, 0.4) is 0 Å². The second kappa shape index (κ2) is 6.98. The molecule has 0 atom stereocenters. The standard InChI is InChI=1S/C20H13Cl3N2/c21-15-5-1-13(2-6-15)20(12-24,14-3-7-16(22)8-4-14)18-10-9-17(25)11-19(18)23/h1-11H,25H2. The maximum atomic E-state index is 10.3. The van der Waals surface area contributed by atoms with Crippen molar-refractivity contribution in [2.45, 2.75) is 5.41 Å². The second-order valence-corrected chi connectivity index (χ2v) is 6.89. The van der Waals surface area contributed by atoms with E-state index < -0.39 is 5.41 Å². The van der Waals surface area contributed by atoms with E-state index in [1.807, 2.05) is 24.3 Å². The van der Waals surface area contributed by atoms with Gasteiger partial charge in [0, 0.05) is 20.8 Å². The molecule has 2 nitrogen and oxygen atoms in total. The van der Waals surface area contributed by atoms with Crippen LogP contribution in [-0.2, 0) is 5.41 Å². The van der Waals surface area contributed by atoms with Crippen molar-refractivity contribution in [1.82, 2.24) is 0 Å². The van der Waals surface area contributed by atoms with Gasteiger partial charge in [-0.2, -0.15) is 5.26 Å². The zero-order valence-electron chi connectivity index (χ0n) is 13.0. The van der Waals surface area contributed by atoms with Crippen LogP contribution >= 0.6 is 34.8 Å². The molecular weight excluding hydrogens is 375 g/mol. The van der Waals surface area contributed by atoms with Crippen LogP contribution in [0.4, 0.5) is 5.69 Å². The number of rotatable bonds is 3. The van der Waals surface area contributed by atoms with Gasteiger partial charge in [0.05, 0.1) is 6.07 Å². The molecule has 0 aliphatic rings. The van der Waals surface area contributed by atoms with Crippen LogP contribution in [0, 0.1) is 11.3 Å². The highest BCUT2D eigenvalue weighted by molar-refractivity contribution is 6.32. The van der Waals surface area contributed by atoms with Gasteiger partial charge in [-0.15, -0.1) is 0 Å². The number of anilines is 1. The first-order valence-corrected chi connectivity index (χ1v) is 8.59. The Labute approximate surface area is 161 Å². The summed E-state index contributed by atoms with van der Waals surface area (Å²) in [5, 5.41) is 11.9. The van der Waals surface area contributed by atoms with Crippen LogP contribution < -0.4 is 5.73 Å². The number of nitrogens with two attached hydrogens (primary N) is 1. The van der Waals surface area contributed by atoms with Crippen molar-refractivity contribution in [2.24, 2.45) is 0 Å². The first kappa shape index (κ1) is 17.6. The third-order valence-corrected chi connectivity index (χ3v) is 4.94. The monoisotopic (exact) mass is 386 g/mol. The minimum absolute atomic E-state index is 0.423. The van der Waals surface area contributed by atoms with Gasteiger partial charge in [-0.05, 0) is 53.1 Å². The lowest BCUT2D eigenvalue weighted by Gasteiger charge is -2.29. The van der Waals surface area contributed by atoms with Gasteiger partial charge in [-0.1, -0.05) is 65.1 Å². The van der Waals surface area contributed by atoms with Gasteiger partial charge in [0.1, 0.15) is 5.41 Å². The largest absolute Gasteiger partial charge is 0.399 e. The molecule has 0 unspecified atom stereocenters. The summed E-state index contributed by atoms with van der Waals surface area (Å²) in [7, 11) is 0. The predicted octanol–water partition coefficient (Wildman–Crippen LogP) is 6.09. The Kier molecular flexibility index (Phi) is 4.92. The molecule has 0 saturated heterocycles. The number of hydrogen-bond donors (Lipinski definition) is 1. The Morgan fingerprint density at radius 2 is 1.24 bits per heavy atom.